The van der Waals surface area contributed by atoms with Crippen molar-refractivity contribution >= 4 is 5.69 Å². The topological polar surface area (TPSA) is 24.5 Å². The number of rotatable bonds is 4. The molecule has 1 fully saturated rings. The third-order valence-corrected chi connectivity index (χ3v) is 4.60. The Labute approximate surface area is 121 Å². The highest BCUT2D eigenvalue weighted by Crippen LogP contribution is 2.30. The van der Waals surface area contributed by atoms with Crippen LogP contribution in [0.25, 0.3) is 0 Å². The van der Waals surface area contributed by atoms with Crippen molar-refractivity contribution in [2.24, 2.45) is 0 Å². The van der Waals surface area contributed by atoms with Gasteiger partial charge >= 0.3 is 0 Å². The van der Waals surface area contributed by atoms with Crippen molar-refractivity contribution < 1.29 is 9.13 Å². The molecule has 0 bridgehead atoms. The molecule has 1 aliphatic heterocycles. The summed E-state index contributed by atoms with van der Waals surface area (Å²) < 4.78 is 18.9. The van der Waals surface area contributed by atoms with Crippen LogP contribution in [-0.4, -0.2) is 31.8 Å². The van der Waals surface area contributed by atoms with Crippen LogP contribution in [0.15, 0.2) is 18.2 Å². The number of nitrogens with one attached hydrogen (secondary N) is 1. The van der Waals surface area contributed by atoms with E-state index < -0.39 is 0 Å². The summed E-state index contributed by atoms with van der Waals surface area (Å²) in [5.41, 5.74) is 1.06. The molecule has 1 unspecified atom stereocenters. The fourth-order valence-electron chi connectivity index (χ4n) is 2.92. The van der Waals surface area contributed by atoms with Gasteiger partial charge in [0.05, 0.1) is 7.11 Å². The summed E-state index contributed by atoms with van der Waals surface area (Å²) in [6.45, 7) is 8.42. The highest BCUT2D eigenvalue weighted by atomic mass is 19.1. The summed E-state index contributed by atoms with van der Waals surface area (Å²) >= 11 is 0. The lowest BCUT2D eigenvalue weighted by atomic mass is 9.88. The molecule has 0 aliphatic carbocycles. The van der Waals surface area contributed by atoms with Crippen molar-refractivity contribution in [2.75, 3.05) is 25.1 Å². The molecule has 0 spiro atoms. The molecule has 0 aromatic heterocycles. The van der Waals surface area contributed by atoms with Crippen molar-refractivity contribution in [3.05, 3.63) is 24.0 Å². The molecular formula is C16H25FN2O. The van der Waals surface area contributed by atoms with E-state index in [2.05, 4.69) is 31.0 Å². The lowest BCUT2D eigenvalue weighted by Crippen LogP contribution is -2.63. The van der Waals surface area contributed by atoms with Gasteiger partial charge in [0.2, 0.25) is 0 Å². The van der Waals surface area contributed by atoms with Crippen molar-refractivity contribution in [1.29, 1.82) is 0 Å². The van der Waals surface area contributed by atoms with E-state index in [0.29, 0.717) is 11.8 Å². The molecule has 0 radical (unpaired) electrons. The van der Waals surface area contributed by atoms with Crippen LogP contribution in [0.1, 0.15) is 33.6 Å². The number of halogens is 1. The normalized spacial score (nSPS) is 21.9. The first-order chi connectivity index (χ1) is 9.55. The molecule has 1 atom stereocenters. The van der Waals surface area contributed by atoms with Gasteiger partial charge < -0.3 is 15.0 Å². The molecule has 1 N–H and O–H groups in total. The Morgan fingerprint density at radius 1 is 1.40 bits per heavy atom. The second kappa shape index (κ2) is 6.00. The maximum absolute atomic E-state index is 13.9. The first kappa shape index (κ1) is 15.1. The van der Waals surface area contributed by atoms with Crippen molar-refractivity contribution in [1.82, 2.24) is 5.32 Å². The zero-order chi connectivity index (χ0) is 14.8. The third-order valence-electron chi connectivity index (χ3n) is 4.60. The summed E-state index contributed by atoms with van der Waals surface area (Å²) in [7, 11) is 1.49. The van der Waals surface area contributed by atoms with Gasteiger partial charge in [-0.3, -0.25) is 0 Å². The van der Waals surface area contributed by atoms with E-state index in [1.165, 1.54) is 7.11 Å². The standard InChI is InChI=1S/C16H25FN2O/c1-5-16(6-2)11-19(12(3)10-18-16)13-7-8-15(20-4)14(17)9-13/h7-9,12,18H,5-6,10-11H2,1-4H3. The molecular weight excluding hydrogens is 255 g/mol. The molecule has 0 saturated carbocycles. The molecule has 4 heteroatoms. The second-order valence-corrected chi connectivity index (χ2v) is 5.66. The zero-order valence-electron chi connectivity index (χ0n) is 12.9. The number of anilines is 1. The van der Waals surface area contributed by atoms with Crippen LogP contribution in [-0.2, 0) is 0 Å². The van der Waals surface area contributed by atoms with Gasteiger partial charge in [-0.25, -0.2) is 4.39 Å². The summed E-state index contributed by atoms with van der Waals surface area (Å²) in [5, 5.41) is 3.66. The van der Waals surface area contributed by atoms with Crippen LogP contribution >= 0.6 is 0 Å². The van der Waals surface area contributed by atoms with Crippen LogP contribution in [0.3, 0.4) is 0 Å². The Morgan fingerprint density at radius 2 is 2.10 bits per heavy atom. The van der Waals surface area contributed by atoms with Gasteiger partial charge in [-0.05, 0) is 31.9 Å². The smallest absolute Gasteiger partial charge is 0.167 e. The number of hydrogen-bond acceptors (Lipinski definition) is 3. The quantitative estimate of drug-likeness (QED) is 0.916. The van der Waals surface area contributed by atoms with Gasteiger partial charge in [0.25, 0.3) is 0 Å². The van der Waals surface area contributed by atoms with Crippen LogP contribution in [0.4, 0.5) is 10.1 Å². The summed E-state index contributed by atoms with van der Waals surface area (Å²) in [6, 6.07) is 5.59. The first-order valence-corrected chi connectivity index (χ1v) is 7.40. The van der Waals surface area contributed by atoms with Gasteiger partial charge in [-0.2, -0.15) is 0 Å². The molecule has 1 aromatic rings. The molecule has 3 nitrogen and oxygen atoms in total. The Bertz CT molecular complexity index is 460. The lowest BCUT2D eigenvalue weighted by molar-refractivity contribution is 0.253. The van der Waals surface area contributed by atoms with Crippen LogP contribution in [0.2, 0.25) is 0 Å². The highest BCUT2D eigenvalue weighted by Gasteiger charge is 2.35. The minimum atomic E-state index is -0.297. The van der Waals surface area contributed by atoms with Gasteiger partial charge in [0, 0.05) is 36.4 Å². The average Bonchev–Trinajstić information content (AvgIpc) is 2.48. The van der Waals surface area contributed by atoms with E-state index in [9.17, 15) is 4.39 Å². The van der Waals surface area contributed by atoms with E-state index in [1.54, 1.807) is 12.1 Å². The highest BCUT2D eigenvalue weighted by molar-refractivity contribution is 5.51. The van der Waals surface area contributed by atoms with Gasteiger partial charge in [-0.15, -0.1) is 0 Å². The van der Waals surface area contributed by atoms with Crippen molar-refractivity contribution in [3.63, 3.8) is 0 Å². The SMILES string of the molecule is CCC1(CC)CN(c2ccc(OC)c(F)c2)C(C)CN1. The molecule has 2 rings (SSSR count). The minimum Gasteiger partial charge on any atom is -0.494 e. The monoisotopic (exact) mass is 280 g/mol. The Hall–Kier alpha value is -1.29. The summed E-state index contributed by atoms with van der Waals surface area (Å²) in [5.74, 6) is 0.00288. The van der Waals surface area contributed by atoms with Crippen LogP contribution in [0.5, 0.6) is 5.75 Å². The summed E-state index contributed by atoms with van der Waals surface area (Å²) in [4.78, 5) is 2.30. The number of piperazine rings is 1. The van der Waals surface area contributed by atoms with Gasteiger partial charge in [0.1, 0.15) is 0 Å². The maximum Gasteiger partial charge on any atom is 0.167 e. The number of hydrogen-bond donors (Lipinski definition) is 1. The second-order valence-electron chi connectivity index (χ2n) is 5.66. The molecule has 20 heavy (non-hydrogen) atoms. The number of methoxy groups -OCH3 is 1. The van der Waals surface area contributed by atoms with E-state index in [-0.39, 0.29) is 11.4 Å². The fourth-order valence-corrected chi connectivity index (χ4v) is 2.92. The molecule has 112 valence electrons. The number of benzene rings is 1. The first-order valence-electron chi connectivity index (χ1n) is 7.40. The number of nitrogens with zero attached hydrogens (tertiary/aromatic N) is 1. The van der Waals surface area contributed by atoms with E-state index >= 15 is 0 Å². The Kier molecular flexibility index (Phi) is 4.53. The number of ether oxygens (including phenoxy) is 1. The predicted octanol–water partition coefficient (Wildman–Crippen LogP) is 3.19. The molecule has 0 amide bonds. The molecule has 1 aromatic carbocycles. The molecule has 1 aliphatic rings. The van der Waals surface area contributed by atoms with Crippen molar-refractivity contribution in [2.45, 2.75) is 45.2 Å². The predicted molar refractivity (Wildman–Crippen MR) is 81.1 cm³/mol. The van der Waals surface area contributed by atoms with E-state index in [4.69, 9.17) is 4.74 Å². The van der Waals surface area contributed by atoms with Crippen LogP contribution < -0.4 is 15.0 Å². The lowest BCUT2D eigenvalue weighted by Gasteiger charge is -2.47. The summed E-state index contributed by atoms with van der Waals surface area (Å²) in [6.07, 6.45) is 2.15. The fraction of sp³-hybridized carbons (Fsp3) is 0.625. The molecule has 1 heterocycles. The zero-order valence-corrected chi connectivity index (χ0v) is 12.9. The average molecular weight is 280 g/mol. The Morgan fingerprint density at radius 3 is 2.65 bits per heavy atom. The van der Waals surface area contributed by atoms with Gasteiger partial charge in [0.15, 0.2) is 11.6 Å². The van der Waals surface area contributed by atoms with Crippen LogP contribution in [0, 0.1) is 5.82 Å². The van der Waals surface area contributed by atoms with E-state index in [0.717, 1.165) is 31.6 Å². The van der Waals surface area contributed by atoms with E-state index in [1.807, 2.05) is 6.07 Å². The third kappa shape index (κ3) is 2.75. The Balaban J connectivity index is 2.27. The molecule has 1 saturated heterocycles. The maximum atomic E-state index is 13.9. The van der Waals surface area contributed by atoms with Gasteiger partial charge in [-0.1, -0.05) is 13.8 Å². The minimum absolute atomic E-state index is 0.128. The largest absolute Gasteiger partial charge is 0.494 e. The van der Waals surface area contributed by atoms with Crippen molar-refractivity contribution in [3.8, 4) is 5.75 Å².